The van der Waals surface area contributed by atoms with Gasteiger partial charge < -0.3 is 14.2 Å². The number of methoxy groups -OCH3 is 2. The largest absolute Gasteiger partial charge is 0.497 e. The van der Waals surface area contributed by atoms with E-state index in [0.717, 1.165) is 11.3 Å². The molecule has 0 amide bonds. The minimum Gasteiger partial charge on any atom is -0.497 e. The number of ether oxygens (including phenoxy) is 3. The number of hydrogen-bond donors (Lipinski definition) is 0. The van der Waals surface area contributed by atoms with Gasteiger partial charge in [0.1, 0.15) is 17.2 Å². The lowest BCUT2D eigenvalue weighted by Crippen LogP contribution is -2.08. The molecule has 0 aromatic heterocycles. The van der Waals surface area contributed by atoms with Crippen molar-refractivity contribution in [3.05, 3.63) is 114 Å². The van der Waals surface area contributed by atoms with E-state index < -0.39 is 0 Å². The fourth-order valence-electron chi connectivity index (χ4n) is 3.03. The van der Waals surface area contributed by atoms with Crippen LogP contribution in [0.3, 0.4) is 0 Å². The number of rotatable bonds is 5. The SMILES string of the molecule is C.COc1ccc(-c2ccc(C)cc2)cc1.COc1ccc(C(=O)Oc2ccc(C)cc2)cc1. The van der Waals surface area contributed by atoms with Gasteiger partial charge in [0.05, 0.1) is 19.8 Å². The Morgan fingerprint density at radius 1 is 0.529 bits per heavy atom. The van der Waals surface area contributed by atoms with Crippen LogP contribution in [0, 0.1) is 13.8 Å². The van der Waals surface area contributed by atoms with E-state index in [9.17, 15) is 4.79 Å². The number of benzene rings is 4. The summed E-state index contributed by atoms with van der Waals surface area (Å²) in [6, 6.07) is 30.8. The second kappa shape index (κ2) is 12.9. The maximum atomic E-state index is 11.8. The highest BCUT2D eigenvalue weighted by Gasteiger charge is 2.08. The zero-order valence-electron chi connectivity index (χ0n) is 19.4. The number of aryl methyl sites for hydroxylation is 2. The van der Waals surface area contributed by atoms with Crippen molar-refractivity contribution in [2.24, 2.45) is 0 Å². The zero-order valence-corrected chi connectivity index (χ0v) is 19.4. The Morgan fingerprint density at radius 3 is 1.32 bits per heavy atom. The van der Waals surface area contributed by atoms with E-state index in [4.69, 9.17) is 14.2 Å². The van der Waals surface area contributed by atoms with Gasteiger partial charge in [0.25, 0.3) is 0 Å². The van der Waals surface area contributed by atoms with E-state index in [1.54, 1.807) is 50.6 Å². The smallest absolute Gasteiger partial charge is 0.343 e. The summed E-state index contributed by atoms with van der Waals surface area (Å²) >= 11 is 0. The molecule has 0 aliphatic carbocycles. The molecule has 0 spiro atoms. The van der Waals surface area contributed by atoms with Crippen molar-refractivity contribution in [2.75, 3.05) is 14.2 Å². The average Bonchev–Trinajstić information content (AvgIpc) is 2.86. The van der Waals surface area contributed by atoms with Crippen molar-refractivity contribution in [3.8, 4) is 28.4 Å². The zero-order chi connectivity index (χ0) is 23.6. The summed E-state index contributed by atoms with van der Waals surface area (Å²) in [6.07, 6.45) is 0. The van der Waals surface area contributed by atoms with Crippen LogP contribution in [0.15, 0.2) is 97.1 Å². The molecule has 0 saturated heterocycles. The highest BCUT2D eigenvalue weighted by Crippen LogP contribution is 2.22. The van der Waals surface area contributed by atoms with Gasteiger partial charge in [-0.15, -0.1) is 0 Å². The normalized spacial score (nSPS) is 9.65. The third-order valence-corrected chi connectivity index (χ3v) is 5.03. The van der Waals surface area contributed by atoms with Crippen LogP contribution in [0.5, 0.6) is 17.2 Å². The van der Waals surface area contributed by atoms with Gasteiger partial charge >= 0.3 is 5.97 Å². The molecule has 0 atom stereocenters. The summed E-state index contributed by atoms with van der Waals surface area (Å²) in [5, 5.41) is 0. The summed E-state index contributed by atoms with van der Waals surface area (Å²) in [5.41, 5.74) is 5.36. The molecule has 0 fully saturated rings. The highest BCUT2D eigenvalue weighted by molar-refractivity contribution is 5.91. The molecule has 0 unspecified atom stereocenters. The lowest BCUT2D eigenvalue weighted by atomic mass is 10.0. The van der Waals surface area contributed by atoms with Crippen LogP contribution in [-0.4, -0.2) is 20.2 Å². The second-order valence-electron chi connectivity index (χ2n) is 7.53. The molecule has 0 N–H and O–H groups in total. The molecular weight excluding hydrogens is 424 g/mol. The van der Waals surface area contributed by atoms with Crippen LogP contribution >= 0.6 is 0 Å². The van der Waals surface area contributed by atoms with Crippen LogP contribution < -0.4 is 14.2 Å². The van der Waals surface area contributed by atoms with E-state index in [0.29, 0.717) is 17.1 Å². The van der Waals surface area contributed by atoms with Gasteiger partial charge in [-0.25, -0.2) is 4.79 Å². The molecule has 0 radical (unpaired) electrons. The first-order valence-electron chi connectivity index (χ1n) is 10.6. The molecule has 0 bridgehead atoms. The molecule has 4 rings (SSSR count). The topological polar surface area (TPSA) is 44.8 Å². The van der Waals surface area contributed by atoms with Crippen molar-refractivity contribution in [1.29, 1.82) is 0 Å². The van der Waals surface area contributed by atoms with Gasteiger partial charge in [-0.2, -0.15) is 0 Å². The Labute approximate surface area is 202 Å². The first-order chi connectivity index (χ1) is 16.0. The molecule has 0 saturated carbocycles. The Kier molecular flexibility index (Phi) is 9.90. The van der Waals surface area contributed by atoms with Crippen molar-refractivity contribution >= 4 is 5.97 Å². The van der Waals surface area contributed by atoms with Gasteiger partial charge in [0, 0.05) is 0 Å². The fourth-order valence-corrected chi connectivity index (χ4v) is 3.03. The number of carbonyl (C=O) groups is 1. The molecule has 4 heteroatoms. The fraction of sp³-hybridized carbons (Fsp3) is 0.167. The van der Waals surface area contributed by atoms with Crippen LogP contribution in [0.1, 0.15) is 28.9 Å². The third kappa shape index (κ3) is 7.52. The highest BCUT2D eigenvalue weighted by atomic mass is 16.5. The molecule has 0 aliphatic rings. The van der Waals surface area contributed by atoms with Crippen molar-refractivity contribution in [1.82, 2.24) is 0 Å². The molecule has 176 valence electrons. The summed E-state index contributed by atoms with van der Waals surface area (Å²) in [7, 11) is 3.26. The van der Waals surface area contributed by atoms with Gasteiger partial charge in [0.15, 0.2) is 0 Å². The molecule has 4 aromatic rings. The van der Waals surface area contributed by atoms with Crippen LogP contribution in [0.2, 0.25) is 0 Å². The Bertz CT molecular complexity index is 1140. The van der Waals surface area contributed by atoms with Gasteiger partial charge in [0.2, 0.25) is 0 Å². The monoisotopic (exact) mass is 456 g/mol. The van der Waals surface area contributed by atoms with Gasteiger partial charge in [-0.05, 0) is 73.5 Å². The summed E-state index contributed by atoms with van der Waals surface area (Å²) in [4.78, 5) is 11.8. The lowest BCUT2D eigenvalue weighted by molar-refractivity contribution is 0.0734. The molecule has 34 heavy (non-hydrogen) atoms. The predicted molar refractivity (Wildman–Crippen MR) is 139 cm³/mol. The van der Waals surface area contributed by atoms with Crippen LogP contribution in [-0.2, 0) is 0 Å². The minimum absolute atomic E-state index is 0. The predicted octanol–water partition coefficient (Wildman–Crippen LogP) is 7.53. The Hall–Kier alpha value is -4.05. The lowest BCUT2D eigenvalue weighted by Gasteiger charge is -2.05. The number of carbonyl (C=O) groups excluding carboxylic acids is 1. The maximum Gasteiger partial charge on any atom is 0.343 e. The van der Waals surface area contributed by atoms with Gasteiger partial charge in [-0.3, -0.25) is 0 Å². The van der Waals surface area contributed by atoms with E-state index >= 15 is 0 Å². The molecule has 4 nitrogen and oxygen atoms in total. The maximum absolute atomic E-state index is 11.8. The van der Waals surface area contributed by atoms with E-state index in [1.807, 2.05) is 31.2 Å². The summed E-state index contributed by atoms with van der Waals surface area (Å²) in [5.74, 6) is 1.77. The Balaban J connectivity index is 0.000000237. The van der Waals surface area contributed by atoms with Crippen LogP contribution in [0.25, 0.3) is 11.1 Å². The first-order valence-corrected chi connectivity index (χ1v) is 10.6. The quantitative estimate of drug-likeness (QED) is 0.230. The van der Waals surface area contributed by atoms with Crippen molar-refractivity contribution in [3.63, 3.8) is 0 Å². The molecule has 4 aromatic carbocycles. The molecular formula is C30H32O4. The first kappa shape index (κ1) is 26.2. The summed E-state index contributed by atoms with van der Waals surface area (Å²) in [6.45, 7) is 4.08. The molecule has 0 aliphatic heterocycles. The van der Waals surface area contributed by atoms with Crippen molar-refractivity contribution in [2.45, 2.75) is 21.3 Å². The van der Waals surface area contributed by atoms with Crippen LogP contribution in [0.4, 0.5) is 0 Å². The van der Waals surface area contributed by atoms with E-state index in [-0.39, 0.29) is 13.4 Å². The standard InChI is InChI=1S/C15H14O3.C14H14O.CH4/c1-11-3-7-14(8-4-11)18-15(16)12-5-9-13(17-2)10-6-12;1-11-3-5-12(6-4-11)13-7-9-14(15-2)10-8-13;/h3-10H,1-2H3;3-10H,1-2H3;1H4. The molecule has 0 heterocycles. The number of esters is 1. The minimum atomic E-state index is -0.374. The van der Waals surface area contributed by atoms with E-state index in [2.05, 4.69) is 43.3 Å². The summed E-state index contributed by atoms with van der Waals surface area (Å²) < 4.78 is 15.4. The van der Waals surface area contributed by atoms with Gasteiger partial charge in [-0.1, -0.05) is 67.1 Å². The second-order valence-corrected chi connectivity index (χ2v) is 7.53. The van der Waals surface area contributed by atoms with E-state index in [1.165, 1.54) is 16.7 Å². The average molecular weight is 457 g/mol. The number of hydrogen-bond acceptors (Lipinski definition) is 4. The third-order valence-electron chi connectivity index (χ3n) is 5.03. The van der Waals surface area contributed by atoms with Crippen molar-refractivity contribution < 1.29 is 19.0 Å². The Morgan fingerprint density at radius 2 is 0.882 bits per heavy atom.